The van der Waals surface area contributed by atoms with Gasteiger partial charge in [-0.3, -0.25) is 0 Å². The van der Waals surface area contributed by atoms with Gasteiger partial charge in [0.25, 0.3) is 0 Å². The van der Waals surface area contributed by atoms with Gasteiger partial charge < -0.3 is 15.7 Å². The van der Waals surface area contributed by atoms with Gasteiger partial charge in [0.05, 0.1) is 10.9 Å². The second-order valence-electron chi connectivity index (χ2n) is 4.60. The number of aryl methyl sites for hydroxylation is 1. The molecule has 2 aromatic rings. The highest BCUT2D eigenvalue weighted by molar-refractivity contribution is 14.0. The van der Waals surface area contributed by atoms with Crippen LogP contribution in [0.5, 0.6) is 0 Å². The second kappa shape index (κ2) is 10.4. The Kier molecular flexibility index (Phi) is 9.37. The number of halogens is 2. The fourth-order valence-electron chi connectivity index (χ4n) is 1.76. The third-order valence-corrected chi connectivity index (χ3v) is 5.00. The molecular formula is C14H20ClIN4OS2. The number of aliphatic hydroxyl groups excluding tert-OH is 1. The molecule has 1 atom stereocenters. The van der Waals surface area contributed by atoms with Crippen LogP contribution in [-0.2, 0) is 6.54 Å². The second-order valence-corrected chi connectivity index (χ2v) is 7.66. The summed E-state index contributed by atoms with van der Waals surface area (Å²) in [6, 6.07) is 3.62. The molecule has 0 amide bonds. The van der Waals surface area contributed by atoms with Gasteiger partial charge in [0.15, 0.2) is 5.96 Å². The highest BCUT2D eigenvalue weighted by Crippen LogP contribution is 2.26. The molecule has 0 aromatic carbocycles. The summed E-state index contributed by atoms with van der Waals surface area (Å²) in [6.45, 7) is 5.68. The Hall–Kier alpha value is -0.420. The minimum Gasteiger partial charge on any atom is -0.386 e. The molecule has 3 N–H and O–H groups in total. The summed E-state index contributed by atoms with van der Waals surface area (Å²) in [6.07, 6.45) is 1.24. The Morgan fingerprint density at radius 2 is 2.17 bits per heavy atom. The van der Waals surface area contributed by atoms with E-state index in [2.05, 4.69) is 20.6 Å². The van der Waals surface area contributed by atoms with Crippen molar-refractivity contribution in [3.8, 4) is 0 Å². The van der Waals surface area contributed by atoms with Crippen molar-refractivity contribution < 1.29 is 5.11 Å². The summed E-state index contributed by atoms with van der Waals surface area (Å²) in [4.78, 5) is 10.8. The lowest BCUT2D eigenvalue weighted by atomic mass is 10.3. The van der Waals surface area contributed by atoms with E-state index in [1.54, 1.807) is 17.4 Å². The Balaban J connectivity index is 0.00000264. The topological polar surface area (TPSA) is 69.5 Å². The highest BCUT2D eigenvalue weighted by atomic mass is 127. The van der Waals surface area contributed by atoms with Crippen LogP contribution in [0.25, 0.3) is 0 Å². The number of guanidine groups is 1. The normalized spacial score (nSPS) is 12.6. The third kappa shape index (κ3) is 6.92. The van der Waals surface area contributed by atoms with Crippen molar-refractivity contribution in [2.75, 3.05) is 13.1 Å². The number of hydrogen-bond acceptors (Lipinski definition) is 5. The molecule has 0 aliphatic heterocycles. The van der Waals surface area contributed by atoms with E-state index >= 15 is 0 Å². The number of aliphatic hydroxyl groups is 1. The number of thiazole rings is 1. The highest BCUT2D eigenvalue weighted by Gasteiger charge is 2.11. The predicted molar refractivity (Wildman–Crippen MR) is 109 cm³/mol. The summed E-state index contributed by atoms with van der Waals surface area (Å²) in [5, 5.41) is 17.4. The van der Waals surface area contributed by atoms with Crippen LogP contribution in [-0.4, -0.2) is 29.1 Å². The Labute approximate surface area is 166 Å². The van der Waals surface area contributed by atoms with E-state index in [9.17, 15) is 5.11 Å². The van der Waals surface area contributed by atoms with Crippen LogP contribution in [0.1, 0.15) is 27.8 Å². The SMILES string of the molecule is CCNC(=NCc1ncc(C)s1)NCC(O)c1ccc(Cl)s1.I. The fraction of sp³-hybridized carbons (Fsp3) is 0.429. The van der Waals surface area contributed by atoms with Crippen LogP contribution >= 0.6 is 58.3 Å². The first-order valence-electron chi connectivity index (χ1n) is 6.95. The van der Waals surface area contributed by atoms with Gasteiger partial charge in [-0.2, -0.15) is 0 Å². The monoisotopic (exact) mass is 486 g/mol. The van der Waals surface area contributed by atoms with Gasteiger partial charge in [0.1, 0.15) is 11.1 Å². The van der Waals surface area contributed by atoms with Gasteiger partial charge in [-0.15, -0.1) is 46.7 Å². The zero-order valence-corrected chi connectivity index (χ0v) is 17.6. The van der Waals surface area contributed by atoms with Crippen molar-refractivity contribution in [1.29, 1.82) is 0 Å². The number of nitrogens with one attached hydrogen (secondary N) is 2. The Morgan fingerprint density at radius 3 is 2.74 bits per heavy atom. The Morgan fingerprint density at radius 1 is 1.39 bits per heavy atom. The standard InChI is InChI=1S/C14H19ClN4OS2.HI/c1-3-16-14(19-8-13-17-6-9(2)21-13)18-7-10(20)11-4-5-12(15)22-11;/h4-6,10,20H,3,7-8H2,1-2H3,(H2,16,18,19);1H. The van der Waals surface area contributed by atoms with Gasteiger partial charge in [0, 0.05) is 29.0 Å². The summed E-state index contributed by atoms with van der Waals surface area (Å²) in [5.74, 6) is 0.664. The molecule has 0 aliphatic rings. The molecule has 2 heterocycles. The van der Waals surface area contributed by atoms with E-state index in [1.807, 2.05) is 26.1 Å². The zero-order valence-electron chi connectivity index (χ0n) is 12.9. The lowest BCUT2D eigenvalue weighted by Gasteiger charge is -2.14. The minimum atomic E-state index is -0.608. The van der Waals surface area contributed by atoms with Crippen molar-refractivity contribution in [3.63, 3.8) is 0 Å². The first-order chi connectivity index (χ1) is 10.6. The average molecular weight is 487 g/mol. The molecular weight excluding hydrogens is 467 g/mol. The van der Waals surface area contributed by atoms with Crippen molar-refractivity contribution in [2.45, 2.75) is 26.5 Å². The summed E-state index contributed by atoms with van der Waals surface area (Å²) >= 11 is 8.90. The largest absolute Gasteiger partial charge is 0.386 e. The number of aliphatic imine (C=N–C) groups is 1. The quantitative estimate of drug-likeness (QED) is 0.332. The van der Waals surface area contributed by atoms with Crippen LogP contribution in [0.3, 0.4) is 0 Å². The van der Waals surface area contributed by atoms with Gasteiger partial charge in [-0.25, -0.2) is 9.98 Å². The summed E-state index contributed by atoms with van der Waals surface area (Å²) in [5.41, 5.74) is 0. The van der Waals surface area contributed by atoms with Crippen molar-refractivity contribution in [3.05, 3.63) is 37.4 Å². The number of aromatic nitrogens is 1. The summed E-state index contributed by atoms with van der Waals surface area (Å²) < 4.78 is 0.675. The predicted octanol–water partition coefficient (Wildman–Crippen LogP) is 3.57. The minimum absolute atomic E-state index is 0. The Bertz CT molecular complexity index is 632. The van der Waals surface area contributed by atoms with Crippen LogP contribution in [0.15, 0.2) is 23.3 Å². The molecule has 9 heteroatoms. The first-order valence-corrected chi connectivity index (χ1v) is 8.96. The molecule has 1 unspecified atom stereocenters. The zero-order chi connectivity index (χ0) is 15.9. The molecule has 0 spiro atoms. The van der Waals surface area contributed by atoms with Gasteiger partial charge in [-0.1, -0.05) is 11.6 Å². The van der Waals surface area contributed by atoms with E-state index in [0.29, 0.717) is 23.4 Å². The molecule has 0 aliphatic carbocycles. The first kappa shape index (κ1) is 20.6. The molecule has 0 saturated carbocycles. The molecule has 23 heavy (non-hydrogen) atoms. The summed E-state index contributed by atoms with van der Waals surface area (Å²) in [7, 11) is 0. The number of hydrogen-bond donors (Lipinski definition) is 3. The van der Waals surface area contributed by atoms with Crippen LogP contribution in [0.2, 0.25) is 4.34 Å². The van der Waals surface area contributed by atoms with Crippen LogP contribution in [0.4, 0.5) is 0 Å². The van der Waals surface area contributed by atoms with E-state index in [4.69, 9.17) is 11.6 Å². The van der Waals surface area contributed by atoms with Gasteiger partial charge in [-0.05, 0) is 26.0 Å². The van der Waals surface area contributed by atoms with E-state index in [0.717, 1.165) is 16.4 Å². The van der Waals surface area contributed by atoms with Gasteiger partial charge in [0.2, 0.25) is 0 Å². The number of nitrogens with zero attached hydrogens (tertiary/aromatic N) is 2. The molecule has 128 valence electrons. The molecule has 5 nitrogen and oxygen atoms in total. The maximum atomic E-state index is 10.1. The van der Waals surface area contributed by atoms with Crippen LogP contribution in [0, 0.1) is 6.92 Å². The molecule has 2 aromatic heterocycles. The van der Waals surface area contributed by atoms with Crippen molar-refractivity contribution in [2.24, 2.45) is 4.99 Å². The number of thiophene rings is 1. The van der Waals surface area contributed by atoms with Gasteiger partial charge >= 0.3 is 0 Å². The molecule has 2 rings (SSSR count). The number of rotatable bonds is 6. The molecule has 0 radical (unpaired) electrons. The smallest absolute Gasteiger partial charge is 0.191 e. The van der Waals surface area contributed by atoms with E-state index in [-0.39, 0.29) is 24.0 Å². The van der Waals surface area contributed by atoms with Crippen molar-refractivity contribution >= 4 is 64.2 Å². The van der Waals surface area contributed by atoms with E-state index < -0.39 is 6.10 Å². The third-order valence-electron chi connectivity index (χ3n) is 2.77. The molecule has 0 fully saturated rings. The fourth-order valence-corrected chi connectivity index (χ4v) is 3.52. The lowest BCUT2D eigenvalue weighted by Crippen LogP contribution is -2.39. The van der Waals surface area contributed by atoms with E-state index in [1.165, 1.54) is 16.2 Å². The van der Waals surface area contributed by atoms with Crippen LogP contribution < -0.4 is 10.6 Å². The lowest BCUT2D eigenvalue weighted by molar-refractivity contribution is 0.184. The van der Waals surface area contributed by atoms with Crippen molar-refractivity contribution in [1.82, 2.24) is 15.6 Å². The maximum absolute atomic E-state index is 10.1. The molecule has 0 bridgehead atoms. The maximum Gasteiger partial charge on any atom is 0.191 e. The molecule has 0 saturated heterocycles. The average Bonchev–Trinajstić information content (AvgIpc) is 3.10.